The van der Waals surface area contributed by atoms with Crippen molar-refractivity contribution in [3.05, 3.63) is 41.6 Å². The van der Waals surface area contributed by atoms with Gasteiger partial charge in [-0.2, -0.15) is 0 Å². The molecule has 10 heteroatoms. The number of benzene rings is 1. The number of hydrogen-bond donors (Lipinski definition) is 3. The molecule has 2 aliphatic heterocycles. The number of nitrogens with zero attached hydrogens (tertiary/aromatic N) is 3. The molecule has 1 atom stereocenters. The fourth-order valence-electron chi connectivity index (χ4n) is 4.57. The number of nitrogen functional groups attached to an aromatic ring is 1. The maximum Gasteiger partial charge on any atom is 0.413 e. The first-order valence-electron chi connectivity index (χ1n) is 11.1. The molecule has 0 saturated carbocycles. The molecule has 2 aliphatic rings. The molecular weight excluding hydrogens is 439 g/mol. The zero-order chi connectivity index (χ0) is 24.0. The fourth-order valence-corrected chi connectivity index (χ4v) is 4.57. The predicted molar refractivity (Wildman–Crippen MR) is 127 cm³/mol. The maximum absolute atomic E-state index is 15.3. The lowest BCUT2D eigenvalue weighted by Gasteiger charge is -2.21. The third kappa shape index (κ3) is 3.85. The van der Waals surface area contributed by atoms with Crippen LogP contribution >= 0.6 is 0 Å². The SMILES string of the molecule is Cc1c(-c2cc3cc(NC(=O)O[C@H]4CC(=O)N(C)C4)ncc3c(N)c2F)cnc2c1NCCC2. The van der Waals surface area contributed by atoms with Gasteiger partial charge in [0.05, 0.1) is 30.0 Å². The minimum atomic E-state index is -0.712. The van der Waals surface area contributed by atoms with E-state index in [0.717, 1.165) is 36.3 Å². The van der Waals surface area contributed by atoms with Gasteiger partial charge in [-0.1, -0.05) is 0 Å². The van der Waals surface area contributed by atoms with Gasteiger partial charge < -0.3 is 20.7 Å². The molecule has 2 aromatic heterocycles. The van der Waals surface area contributed by atoms with Crippen LogP contribution < -0.4 is 16.4 Å². The molecule has 0 unspecified atom stereocenters. The minimum Gasteiger partial charge on any atom is -0.444 e. The Kier molecular flexibility index (Phi) is 5.43. The van der Waals surface area contributed by atoms with E-state index in [9.17, 15) is 9.59 Å². The number of ether oxygens (including phenoxy) is 1. The van der Waals surface area contributed by atoms with Gasteiger partial charge in [0.25, 0.3) is 0 Å². The second-order valence-electron chi connectivity index (χ2n) is 8.72. The number of carbonyl (C=O) groups is 2. The van der Waals surface area contributed by atoms with Crippen LogP contribution in [-0.2, 0) is 16.0 Å². The Morgan fingerprint density at radius 2 is 2.12 bits per heavy atom. The zero-order valence-corrected chi connectivity index (χ0v) is 18.9. The van der Waals surface area contributed by atoms with Gasteiger partial charge in [0.1, 0.15) is 11.9 Å². The number of pyridine rings is 2. The second-order valence-corrected chi connectivity index (χ2v) is 8.72. The van der Waals surface area contributed by atoms with Crippen LogP contribution in [0.4, 0.5) is 26.4 Å². The average Bonchev–Trinajstić information content (AvgIpc) is 3.13. The van der Waals surface area contributed by atoms with Crippen molar-refractivity contribution in [3.8, 4) is 11.1 Å². The van der Waals surface area contributed by atoms with Crippen molar-refractivity contribution in [3.63, 3.8) is 0 Å². The summed E-state index contributed by atoms with van der Waals surface area (Å²) >= 11 is 0. The number of anilines is 3. The number of nitrogens with one attached hydrogen (secondary N) is 2. The van der Waals surface area contributed by atoms with Crippen molar-refractivity contribution >= 4 is 40.0 Å². The lowest BCUT2D eigenvalue weighted by molar-refractivity contribution is -0.126. The monoisotopic (exact) mass is 464 g/mol. The summed E-state index contributed by atoms with van der Waals surface area (Å²) in [5.74, 6) is -0.381. The van der Waals surface area contributed by atoms with E-state index in [1.165, 1.54) is 11.1 Å². The first kappa shape index (κ1) is 21.9. The largest absolute Gasteiger partial charge is 0.444 e. The normalized spacial score (nSPS) is 17.4. The molecule has 0 radical (unpaired) electrons. The maximum atomic E-state index is 15.3. The minimum absolute atomic E-state index is 0.0216. The molecule has 3 aromatic rings. The highest BCUT2D eigenvalue weighted by atomic mass is 19.1. The summed E-state index contributed by atoms with van der Waals surface area (Å²) in [6, 6.07) is 3.30. The Labute approximate surface area is 195 Å². The van der Waals surface area contributed by atoms with E-state index in [1.807, 2.05) is 6.92 Å². The third-order valence-electron chi connectivity index (χ3n) is 6.41. The quantitative estimate of drug-likeness (QED) is 0.507. The summed E-state index contributed by atoms with van der Waals surface area (Å²) in [7, 11) is 1.66. The van der Waals surface area contributed by atoms with Gasteiger partial charge in [-0.05, 0) is 42.8 Å². The van der Waals surface area contributed by atoms with Crippen LogP contribution in [0.1, 0.15) is 24.1 Å². The standard InChI is InChI=1S/C24H25FN6O3/c1-12-16(9-28-18-4-3-5-27-23(12)18)15-6-13-7-19(29-10-17(13)22(26)21(15)25)30-24(33)34-14-8-20(32)31(2)11-14/h6-7,9-10,14,27H,3-5,8,11,26H2,1-2H3,(H,29,30,33)/t14-/m0/s1. The number of hydrogen-bond acceptors (Lipinski definition) is 7. The topological polar surface area (TPSA) is 122 Å². The van der Waals surface area contributed by atoms with E-state index in [1.54, 1.807) is 25.4 Å². The number of rotatable bonds is 3. The highest BCUT2D eigenvalue weighted by Crippen LogP contribution is 2.38. The molecule has 9 nitrogen and oxygen atoms in total. The molecular formula is C24H25FN6O3. The Balaban J connectivity index is 1.46. The highest BCUT2D eigenvalue weighted by molar-refractivity contribution is 5.99. The number of aromatic nitrogens is 2. The first-order chi connectivity index (χ1) is 16.3. The van der Waals surface area contributed by atoms with Crippen molar-refractivity contribution in [1.82, 2.24) is 14.9 Å². The number of aryl methyl sites for hydroxylation is 1. The molecule has 0 spiro atoms. The number of carbonyl (C=O) groups excluding carboxylic acids is 2. The van der Waals surface area contributed by atoms with Crippen LogP contribution in [0.15, 0.2) is 24.5 Å². The Hall–Kier alpha value is -3.95. The van der Waals surface area contributed by atoms with E-state index in [4.69, 9.17) is 10.5 Å². The van der Waals surface area contributed by atoms with Gasteiger partial charge in [-0.25, -0.2) is 14.2 Å². The predicted octanol–water partition coefficient (Wildman–Crippen LogP) is 3.46. The molecule has 1 aromatic carbocycles. The summed E-state index contributed by atoms with van der Waals surface area (Å²) in [6.07, 6.45) is 3.92. The molecule has 1 fully saturated rings. The molecule has 4 heterocycles. The van der Waals surface area contributed by atoms with Crippen LogP contribution in [-0.4, -0.2) is 53.1 Å². The van der Waals surface area contributed by atoms with Gasteiger partial charge in [0, 0.05) is 42.5 Å². The first-order valence-corrected chi connectivity index (χ1v) is 11.1. The molecule has 176 valence electrons. The lowest BCUT2D eigenvalue weighted by atomic mass is 9.95. The van der Waals surface area contributed by atoms with Crippen LogP contribution in [0.2, 0.25) is 0 Å². The Morgan fingerprint density at radius 3 is 2.88 bits per heavy atom. The smallest absolute Gasteiger partial charge is 0.413 e. The van der Waals surface area contributed by atoms with Crippen molar-refractivity contribution in [2.75, 3.05) is 36.5 Å². The molecule has 34 heavy (non-hydrogen) atoms. The van der Waals surface area contributed by atoms with E-state index in [0.29, 0.717) is 28.4 Å². The summed E-state index contributed by atoms with van der Waals surface area (Å²) < 4.78 is 20.6. The number of likely N-dealkylation sites (N-methyl/N-ethyl adjacent to an activating group) is 1. The van der Waals surface area contributed by atoms with Gasteiger partial charge in [0.2, 0.25) is 5.91 Å². The number of likely N-dealkylation sites (tertiary alicyclic amines) is 1. The van der Waals surface area contributed by atoms with Gasteiger partial charge in [-0.3, -0.25) is 15.1 Å². The molecule has 5 rings (SSSR count). The second kappa shape index (κ2) is 8.44. The summed E-state index contributed by atoms with van der Waals surface area (Å²) in [4.78, 5) is 34.2. The third-order valence-corrected chi connectivity index (χ3v) is 6.41. The van der Waals surface area contributed by atoms with Crippen molar-refractivity contribution in [2.45, 2.75) is 32.3 Å². The number of fused-ring (bicyclic) bond motifs is 2. The molecule has 4 N–H and O–H groups in total. The molecule has 1 saturated heterocycles. The molecule has 0 bridgehead atoms. The Bertz CT molecular complexity index is 1330. The number of amides is 2. The lowest BCUT2D eigenvalue weighted by Crippen LogP contribution is -2.25. The zero-order valence-electron chi connectivity index (χ0n) is 18.9. The summed E-state index contributed by atoms with van der Waals surface area (Å²) in [5, 5.41) is 6.99. The number of halogens is 1. The van der Waals surface area contributed by atoms with Crippen molar-refractivity contribution in [1.29, 1.82) is 0 Å². The fraction of sp³-hybridized carbons (Fsp3) is 0.333. The highest BCUT2D eigenvalue weighted by Gasteiger charge is 2.30. The number of nitrogens with two attached hydrogens (primary N) is 1. The molecule has 0 aliphatic carbocycles. The van der Waals surface area contributed by atoms with E-state index < -0.39 is 18.0 Å². The van der Waals surface area contributed by atoms with Crippen LogP contribution in [0.5, 0.6) is 0 Å². The molecule has 2 amide bonds. The Morgan fingerprint density at radius 1 is 1.29 bits per heavy atom. The average molecular weight is 465 g/mol. The summed E-state index contributed by atoms with van der Waals surface area (Å²) in [5.41, 5.74) is 9.92. The summed E-state index contributed by atoms with van der Waals surface area (Å²) in [6.45, 7) is 3.14. The van der Waals surface area contributed by atoms with Crippen molar-refractivity contribution in [2.24, 2.45) is 0 Å². The van der Waals surface area contributed by atoms with Crippen LogP contribution in [0.3, 0.4) is 0 Å². The van der Waals surface area contributed by atoms with Crippen LogP contribution in [0, 0.1) is 12.7 Å². The van der Waals surface area contributed by atoms with E-state index >= 15 is 4.39 Å². The van der Waals surface area contributed by atoms with E-state index in [2.05, 4.69) is 20.6 Å². The van der Waals surface area contributed by atoms with Gasteiger partial charge in [-0.15, -0.1) is 0 Å². The van der Waals surface area contributed by atoms with Crippen LogP contribution in [0.25, 0.3) is 21.9 Å². The van der Waals surface area contributed by atoms with Crippen molar-refractivity contribution < 1.29 is 18.7 Å². The van der Waals surface area contributed by atoms with Gasteiger partial charge >= 0.3 is 6.09 Å². The van der Waals surface area contributed by atoms with Gasteiger partial charge in [0.15, 0.2) is 5.82 Å². The van der Waals surface area contributed by atoms with E-state index in [-0.39, 0.29) is 23.8 Å².